The zero-order valence-electron chi connectivity index (χ0n) is 22.0. The highest BCUT2D eigenvalue weighted by Crippen LogP contribution is 2.35. The molecule has 1 saturated carbocycles. The molecule has 3 amide bonds. The Kier molecular flexibility index (Phi) is 9.80. The van der Waals surface area contributed by atoms with E-state index in [1.54, 1.807) is 23.1 Å². The average molecular weight is 489 g/mol. The van der Waals surface area contributed by atoms with Crippen molar-refractivity contribution in [3.8, 4) is 5.75 Å². The summed E-state index contributed by atoms with van der Waals surface area (Å²) in [5.74, 6) is 0.950. The van der Waals surface area contributed by atoms with Gasteiger partial charge in [0.15, 0.2) is 5.75 Å². The molecule has 1 aliphatic heterocycles. The number of carbonyl (C=O) groups excluding carboxylic acids is 2. The van der Waals surface area contributed by atoms with E-state index >= 15 is 0 Å². The molecule has 8 heteroatoms. The highest BCUT2D eigenvalue weighted by Gasteiger charge is 2.35. The van der Waals surface area contributed by atoms with Gasteiger partial charge in [0.05, 0.1) is 23.9 Å². The molecule has 1 heterocycles. The molecule has 1 aliphatic carbocycles. The van der Waals surface area contributed by atoms with Crippen molar-refractivity contribution in [2.45, 2.75) is 78.0 Å². The third-order valence-electron chi connectivity index (χ3n) is 7.15. The van der Waals surface area contributed by atoms with Crippen LogP contribution in [0.15, 0.2) is 18.2 Å². The van der Waals surface area contributed by atoms with E-state index < -0.39 is 0 Å². The number of para-hydroxylation sites is 1. The van der Waals surface area contributed by atoms with E-state index in [0.29, 0.717) is 29.5 Å². The Balaban J connectivity index is 1.90. The number of rotatable bonds is 8. The van der Waals surface area contributed by atoms with Crippen LogP contribution in [0.2, 0.25) is 0 Å². The van der Waals surface area contributed by atoms with E-state index in [4.69, 9.17) is 4.74 Å². The second kappa shape index (κ2) is 12.6. The Morgan fingerprint density at radius 1 is 1.20 bits per heavy atom. The number of likely N-dealkylation sites (N-methyl/N-ethyl adjacent to an activating group) is 1. The van der Waals surface area contributed by atoms with Gasteiger partial charge in [-0.2, -0.15) is 0 Å². The first kappa shape index (κ1) is 27.3. The molecule has 3 N–H and O–H groups in total. The second-order valence-electron chi connectivity index (χ2n) is 10.8. The fourth-order valence-electron chi connectivity index (χ4n) is 5.17. The van der Waals surface area contributed by atoms with E-state index in [1.807, 2.05) is 20.8 Å². The van der Waals surface area contributed by atoms with E-state index in [-0.39, 0.29) is 42.7 Å². The lowest BCUT2D eigenvalue weighted by atomic mass is 9.89. The lowest BCUT2D eigenvalue weighted by Gasteiger charge is -2.39. The molecule has 1 fully saturated rings. The molecule has 196 valence electrons. The van der Waals surface area contributed by atoms with Crippen LogP contribution in [0.3, 0.4) is 0 Å². The largest absolute Gasteiger partial charge is 0.486 e. The summed E-state index contributed by atoms with van der Waals surface area (Å²) in [5.41, 5.74) is 0.874. The number of amides is 3. The Labute approximate surface area is 210 Å². The quantitative estimate of drug-likeness (QED) is 0.515. The Morgan fingerprint density at radius 2 is 1.91 bits per heavy atom. The van der Waals surface area contributed by atoms with Gasteiger partial charge in [-0.25, -0.2) is 4.79 Å². The molecule has 0 bridgehead atoms. The molecule has 0 unspecified atom stereocenters. The van der Waals surface area contributed by atoms with E-state index in [1.165, 1.54) is 32.1 Å². The minimum Gasteiger partial charge on any atom is -0.486 e. The number of benzene rings is 1. The summed E-state index contributed by atoms with van der Waals surface area (Å²) in [6, 6.07) is 4.57. The number of fused-ring (bicyclic) bond motifs is 1. The SMILES string of the molecule is CC(C)NC(=O)Nc1cccc2c1O[C@H](CN(C)CC1CCCCC1)[C@@H](C)CN([C@@H](C)CO)C2=O. The number of ether oxygens (including phenoxy) is 1. The lowest BCUT2D eigenvalue weighted by molar-refractivity contribution is 0.0333. The van der Waals surface area contributed by atoms with Crippen molar-refractivity contribution in [3.63, 3.8) is 0 Å². The first-order valence-electron chi connectivity index (χ1n) is 13.2. The van der Waals surface area contributed by atoms with Crippen LogP contribution in [-0.4, -0.2) is 78.3 Å². The van der Waals surface area contributed by atoms with Crippen LogP contribution in [0, 0.1) is 11.8 Å². The van der Waals surface area contributed by atoms with Gasteiger partial charge in [0.2, 0.25) is 0 Å². The zero-order chi connectivity index (χ0) is 25.5. The predicted molar refractivity (Wildman–Crippen MR) is 139 cm³/mol. The van der Waals surface area contributed by atoms with Crippen molar-refractivity contribution < 1.29 is 19.4 Å². The first-order valence-corrected chi connectivity index (χ1v) is 13.2. The minimum atomic E-state index is -0.342. The number of nitrogens with one attached hydrogen (secondary N) is 2. The highest BCUT2D eigenvalue weighted by molar-refractivity contribution is 6.01. The van der Waals surface area contributed by atoms with E-state index in [9.17, 15) is 14.7 Å². The van der Waals surface area contributed by atoms with Crippen molar-refractivity contribution >= 4 is 17.6 Å². The van der Waals surface area contributed by atoms with Gasteiger partial charge < -0.3 is 30.3 Å². The smallest absolute Gasteiger partial charge is 0.319 e. The monoisotopic (exact) mass is 488 g/mol. The molecule has 0 radical (unpaired) electrons. The van der Waals surface area contributed by atoms with Crippen LogP contribution in [0.1, 0.15) is 70.2 Å². The molecule has 0 spiro atoms. The summed E-state index contributed by atoms with van der Waals surface area (Å²) in [6.45, 7) is 9.87. The molecular weight excluding hydrogens is 444 g/mol. The second-order valence-corrected chi connectivity index (χ2v) is 10.8. The molecule has 3 rings (SSSR count). The topological polar surface area (TPSA) is 94.1 Å². The summed E-state index contributed by atoms with van der Waals surface area (Å²) >= 11 is 0. The molecule has 8 nitrogen and oxygen atoms in total. The van der Waals surface area contributed by atoms with Gasteiger partial charge in [-0.1, -0.05) is 32.3 Å². The fraction of sp³-hybridized carbons (Fsp3) is 0.704. The van der Waals surface area contributed by atoms with Gasteiger partial charge in [-0.3, -0.25) is 4.79 Å². The number of carbonyl (C=O) groups is 2. The van der Waals surface area contributed by atoms with Crippen LogP contribution in [0.4, 0.5) is 10.5 Å². The van der Waals surface area contributed by atoms with Crippen LogP contribution >= 0.6 is 0 Å². The Bertz CT molecular complexity index is 856. The van der Waals surface area contributed by atoms with Gasteiger partial charge >= 0.3 is 6.03 Å². The van der Waals surface area contributed by atoms with Crippen molar-refractivity contribution in [1.29, 1.82) is 0 Å². The summed E-state index contributed by atoms with van der Waals surface area (Å²) in [5, 5.41) is 15.6. The third-order valence-corrected chi connectivity index (χ3v) is 7.15. The number of nitrogens with zero attached hydrogens (tertiary/aromatic N) is 2. The van der Waals surface area contributed by atoms with Crippen molar-refractivity contribution in [1.82, 2.24) is 15.1 Å². The first-order chi connectivity index (χ1) is 16.7. The number of aliphatic hydroxyl groups excluding tert-OH is 1. The van der Waals surface area contributed by atoms with Crippen LogP contribution in [0.25, 0.3) is 0 Å². The maximum atomic E-state index is 13.5. The molecule has 0 aromatic heterocycles. The highest BCUT2D eigenvalue weighted by atomic mass is 16.5. The van der Waals surface area contributed by atoms with Gasteiger partial charge in [0, 0.05) is 31.6 Å². The third kappa shape index (κ3) is 7.34. The fourth-order valence-corrected chi connectivity index (χ4v) is 5.17. The van der Waals surface area contributed by atoms with Crippen LogP contribution in [-0.2, 0) is 0 Å². The van der Waals surface area contributed by atoms with Gasteiger partial charge in [-0.05, 0) is 58.7 Å². The molecule has 1 aromatic rings. The number of hydrogen-bond donors (Lipinski definition) is 3. The van der Waals surface area contributed by atoms with Crippen molar-refractivity contribution in [2.75, 3.05) is 38.6 Å². The molecule has 35 heavy (non-hydrogen) atoms. The molecule has 3 atom stereocenters. The lowest BCUT2D eigenvalue weighted by Crippen LogP contribution is -2.50. The van der Waals surface area contributed by atoms with Crippen LogP contribution < -0.4 is 15.4 Å². The zero-order valence-corrected chi connectivity index (χ0v) is 22.0. The molecule has 2 aliphatic rings. The maximum absolute atomic E-state index is 13.5. The predicted octanol–water partition coefficient (Wildman–Crippen LogP) is 3.95. The number of urea groups is 1. The summed E-state index contributed by atoms with van der Waals surface area (Å²) in [7, 11) is 2.14. The van der Waals surface area contributed by atoms with Crippen LogP contribution in [0.5, 0.6) is 5.75 Å². The van der Waals surface area contributed by atoms with Crippen molar-refractivity contribution in [3.05, 3.63) is 23.8 Å². The number of anilines is 1. The maximum Gasteiger partial charge on any atom is 0.319 e. The molecule has 0 saturated heterocycles. The number of hydrogen-bond acceptors (Lipinski definition) is 5. The normalized spacial score (nSPS) is 22.3. The van der Waals surface area contributed by atoms with Gasteiger partial charge in [0.25, 0.3) is 5.91 Å². The Hall–Kier alpha value is -2.32. The minimum absolute atomic E-state index is 0.0230. The van der Waals surface area contributed by atoms with Crippen molar-refractivity contribution in [2.24, 2.45) is 11.8 Å². The number of aliphatic hydroxyl groups is 1. The van der Waals surface area contributed by atoms with Gasteiger partial charge in [0.1, 0.15) is 6.10 Å². The molecule has 1 aromatic carbocycles. The average Bonchev–Trinajstić information content (AvgIpc) is 2.81. The van der Waals surface area contributed by atoms with E-state index in [2.05, 4.69) is 29.5 Å². The summed E-state index contributed by atoms with van der Waals surface area (Å²) in [6.07, 6.45) is 6.34. The van der Waals surface area contributed by atoms with Gasteiger partial charge in [-0.15, -0.1) is 0 Å². The standard InChI is InChI=1S/C27H44N4O4/c1-18(2)28-27(34)29-23-13-9-12-22-25(23)35-24(16-30(5)15-21-10-7-6-8-11-21)19(3)14-31(26(22)33)20(4)17-32/h9,12-13,18-21,24,32H,6-8,10-11,14-17H2,1-5H3,(H2,28,29,34)/t19-,20-,24+/m0/s1. The van der Waals surface area contributed by atoms with E-state index in [0.717, 1.165) is 13.1 Å². The summed E-state index contributed by atoms with van der Waals surface area (Å²) in [4.78, 5) is 30.1. The molecular formula is C27H44N4O4. The Morgan fingerprint density at radius 3 is 2.57 bits per heavy atom. The summed E-state index contributed by atoms with van der Waals surface area (Å²) < 4.78 is 6.58.